The first-order chi connectivity index (χ1) is 13.5. The molecule has 7 heteroatoms. The highest BCUT2D eigenvalue weighted by Crippen LogP contribution is 2.32. The van der Waals surface area contributed by atoms with Crippen LogP contribution in [0, 0.1) is 0 Å². The van der Waals surface area contributed by atoms with E-state index in [-0.39, 0.29) is 24.3 Å². The predicted octanol–water partition coefficient (Wildman–Crippen LogP) is 2.97. The summed E-state index contributed by atoms with van der Waals surface area (Å²) < 4.78 is 5.34. The van der Waals surface area contributed by atoms with Crippen molar-refractivity contribution in [2.45, 2.75) is 13.3 Å². The van der Waals surface area contributed by atoms with Crippen molar-refractivity contribution < 1.29 is 19.1 Å². The average Bonchev–Trinajstić information content (AvgIpc) is 3.20. The summed E-state index contributed by atoms with van der Waals surface area (Å²) in [4.78, 5) is 41.0. The molecule has 142 valence electrons. The maximum Gasteiger partial charge on any atom is 0.261 e. The number of rotatable bonds is 5. The normalized spacial score (nSPS) is 13.1. The molecule has 3 amide bonds. The van der Waals surface area contributed by atoms with Crippen LogP contribution >= 0.6 is 0 Å². The molecule has 0 aliphatic carbocycles. The standard InChI is InChI=1S/C21H19N3O4/c1-12(25)23-18-10-14(28-2)9-17-13(11-22-19(17)18)7-8-24-20(26)15-5-3-4-6-16(15)21(24)27/h3-6,9-11,22H,7-8H2,1-2H3,(H,23,25). The van der Waals surface area contributed by atoms with E-state index in [9.17, 15) is 14.4 Å². The fourth-order valence-electron chi connectivity index (χ4n) is 3.55. The number of H-pyrrole nitrogens is 1. The maximum atomic E-state index is 12.5. The van der Waals surface area contributed by atoms with Crippen LogP contribution in [0.4, 0.5) is 5.69 Å². The second kappa shape index (κ2) is 6.84. The smallest absolute Gasteiger partial charge is 0.261 e. The molecule has 0 radical (unpaired) electrons. The third-order valence-corrected chi connectivity index (χ3v) is 4.88. The summed E-state index contributed by atoms with van der Waals surface area (Å²) >= 11 is 0. The fraction of sp³-hybridized carbons (Fsp3) is 0.190. The third-order valence-electron chi connectivity index (χ3n) is 4.88. The minimum Gasteiger partial charge on any atom is -0.497 e. The van der Waals surface area contributed by atoms with Crippen molar-refractivity contribution in [3.8, 4) is 5.75 Å². The Labute approximate surface area is 161 Å². The van der Waals surface area contributed by atoms with Crippen LogP contribution < -0.4 is 10.1 Å². The first-order valence-electron chi connectivity index (χ1n) is 8.90. The Bertz CT molecular complexity index is 1080. The Kier molecular flexibility index (Phi) is 4.35. The highest BCUT2D eigenvalue weighted by molar-refractivity contribution is 6.21. The number of anilines is 1. The summed E-state index contributed by atoms with van der Waals surface area (Å²) in [6.07, 6.45) is 2.31. The molecule has 2 N–H and O–H groups in total. The molecule has 7 nitrogen and oxygen atoms in total. The maximum absolute atomic E-state index is 12.5. The highest BCUT2D eigenvalue weighted by atomic mass is 16.5. The lowest BCUT2D eigenvalue weighted by Gasteiger charge is -2.13. The van der Waals surface area contributed by atoms with Crippen molar-refractivity contribution >= 4 is 34.3 Å². The second-order valence-electron chi connectivity index (χ2n) is 6.65. The van der Waals surface area contributed by atoms with E-state index in [0.717, 1.165) is 16.5 Å². The number of aromatic amines is 1. The van der Waals surface area contributed by atoms with E-state index in [1.165, 1.54) is 11.8 Å². The molecular weight excluding hydrogens is 358 g/mol. The molecule has 1 aliphatic heterocycles. The Morgan fingerprint density at radius 1 is 1.14 bits per heavy atom. The van der Waals surface area contributed by atoms with Gasteiger partial charge in [0.25, 0.3) is 11.8 Å². The molecule has 2 aromatic carbocycles. The first-order valence-corrected chi connectivity index (χ1v) is 8.90. The van der Waals surface area contributed by atoms with Crippen LogP contribution in [-0.2, 0) is 11.2 Å². The number of carbonyl (C=O) groups is 3. The summed E-state index contributed by atoms with van der Waals surface area (Å²) in [7, 11) is 1.56. The van der Waals surface area contributed by atoms with Gasteiger partial charge in [0.2, 0.25) is 5.91 Å². The number of benzene rings is 2. The van der Waals surface area contributed by atoms with Gasteiger partial charge in [-0.15, -0.1) is 0 Å². The first kappa shape index (κ1) is 17.8. The van der Waals surface area contributed by atoms with Gasteiger partial charge in [-0.25, -0.2) is 0 Å². The number of hydrogen-bond donors (Lipinski definition) is 2. The molecule has 1 aromatic heterocycles. The van der Waals surface area contributed by atoms with Crippen LogP contribution in [0.25, 0.3) is 10.9 Å². The van der Waals surface area contributed by atoms with Crippen molar-refractivity contribution in [1.29, 1.82) is 0 Å². The Morgan fingerprint density at radius 3 is 2.43 bits per heavy atom. The van der Waals surface area contributed by atoms with Crippen LogP contribution in [0.5, 0.6) is 5.75 Å². The van der Waals surface area contributed by atoms with Crippen molar-refractivity contribution in [3.63, 3.8) is 0 Å². The van der Waals surface area contributed by atoms with Gasteiger partial charge in [-0.1, -0.05) is 12.1 Å². The van der Waals surface area contributed by atoms with Gasteiger partial charge >= 0.3 is 0 Å². The molecule has 0 fully saturated rings. The Morgan fingerprint density at radius 2 is 1.82 bits per heavy atom. The predicted molar refractivity (Wildman–Crippen MR) is 105 cm³/mol. The molecule has 0 saturated heterocycles. The van der Waals surface area contributed by atoms with Gasteiger partial charge in [0, 0.05) is 31.1 Å². The van der Waals surface area contributed by atoms with E-state index in [1.807, 2.05) is 12.3 Å². The molecule has 0 bridgehead atoms. The van der Waals surface area contributed by atoms with Crippen LogP contribution in [0.1, 0.15) is 33.2 Å². The lowest BCUT2D eigenvalue weighted by atomic mass is 10.1. The molecular formula is C21H19N3O4. The number of carbonyl (C=O) groups excluding carboxylic acids is 3. The van der Waals surface area contributed by atoms with Crippen molar-refractivity contribution in [1.82, 2.24) is 9.88 Å². The number of hydrogen-bond acceptors (Lipinski definition) is 4. The van der Waals surface area contributed by atoms with Gasteiger partial charge in [0.05, 0.1) is 29.4 Å². The van der Waals surface area contributed by atoms with E-state index in [2.05, 4.69) is 10.3 Å². The largest absolute Gasteiger partial charge is 0.497 e. The number of nitrogens with zero attached hydrogens (tertiary/aromatic N) is 1. The summed E-state index contributed by atoms with van der Waals surface area (Å²) in [5.41, 5.74) is 3.21. The van der Waals surface area contributed by atoms with E-state index in [0.29, 0.717) is 29.0 Å². The monoisotopic (exact) mass is 377 g/mol. The second-order valence-corrected chi connectivity index (χ2v) is 6.65. The van der Waals surface area contributed by atoms with Gasteiger partial charge in [0.1, 0.15) is 5.75 Å². The number of amides is 3. The Balaban J connectivity index is 1.62. The minimum absolute atomic E-state index is 0.184. The number of methoxy groups -OCH3 is 1. The van der Waals surface area contributed by atoms with E-state index in [1.54, 1.807) is 37.4 Å². The molecule has 0 unspecified atom stereocenters. The number of fused-ring (bicyclic) bond motifs is 2. The average molecular weight is 377 g/mol. The third kappa shape index (κ3) is 2.90. The lowest BCUT2D eigenvalue weighted by molar-refractivity contribution is -0.114. The van der Waals surface area contributed by atoms with Crippen LogP contribution in [0.2, 0.25) is 0 Å². The summed E-state index contributed by atoms with van der Waals surface area (Å²) in [6, 6.07) is 10.5. The van der Waals surface area contributed by atoms with Gasteiger partial charge in [-0.2, -0.15) is 0 Å². The van der Waals surface area contributed by atoms with Crippen LogP contribution in [0.3, 0.4) is 0 Å². The Hall–Kier alpha value is -3.61. The van der Waals surface area contributed by atoms with E-state index in [4.69, 9.17) is 4.74 Å². The van der Waals surface area contributed by atoms with E-state index < -0.39 is 0 Å². The highest BCUT2D eigenvalue weighted by Gasteiger charge is 2.34. The summed E-state index contributed by atoms with van der Waals surface area (Å²) in [6.45, 7) is 1.71. The number of imide groups is 1. The molecule has 0 atom stereocenters. The number of nitrogens with one attached hydrogen (secondary N) is 2. The minimum atomic E-state index is -0.267. The number of ether oxygens (including phenoxy) is 1. The molecule has 28 heavy (non-hydrogen) atoms. The zero-order valence-electron chi connectivity index (χ0n) is 15.5. The summed E-state index contributed by atoms with van der Waals surface area (Å²) in [5, 5.41) is 3.66. The molecule has 0 spiro atoms. The van der Waals surface area contributed by atoms with Crippen molar-refractivity contribution in [2.75, 3.05) is 19.0 Å². The molecule has 4 rings (SSSR count). The van der Waals surface area contributed by atoms with Crippen molar-refractivity contribution in [3.05, 3.63) is 59.3 Å². The molecule has 2 heterocycles. The molecule has 3 aromatic rings. The zero-order chi connectivity index (χ0) is 19.8. The zero-order valence-corrected chi connectivity index (χ0v) is 15.5. The van der Waals surface area contributed by atoms with Gasteiger partial charge < -0.3 is 15.0 Å². The summed E-state index contributed by atoms with van der Waals surface area (Å²) in [5.74, 6) is -0.108. The fourth-order valence-corrected chi connectivity index (χ4v) is 3.55. The van der Waals surface area contributed by atoms with Crippen LogP contribution in [-0.4, -0.2) is 41.3 Å². The SMILES string of the molecule is COc1cc(NC(C)=O)c2[nH]cc(CCN3C(=O)c4ccccc4C3=O)c2c1. The van der Waals surface area contributed by atoms with Crippen molar-refractivity contribution in [2.24, 2.45) is 0 Å². The van der Waals surface area contributed by atoms with Gasteiger partial charge in [-0.3, -0.25) is 19.3 Å². The number of aromatic nitrogens is 1. The van der Waals surface area contributed by atoms with Gasteiger partial charge in [-0.05, 0) is 30.2 Å². The molecule has 1 aliphatic rings. The van der Waals surface area contributed by atoms with E-state index >= 15 is 0 Å². The van der Waals surface area contributed by atoms with Gasteiger partial charge in [0.15, 0.2) is 0 Å². The quantitative estimate of drug-likeness (QED) is 0.669. The van der Waals surface area contributed by atoms with Crippen LogP contribution in [0.15, 0.2) is 42.6 Å². The lowest BCUT2D eigenvalue weighted by Crippen LogP contribution is -2.31. The molecule has 0 saturated carbocycles. The topological polar surface area (TPSA) is 91.5 Å².